The lowest BCUT2D eigenvalue weighted by molar-refractivity contribution is 0.798. The molecule has 0 saturated heterocycles. The highest BCUT2D eigenvalue weighted by Gasteiger charge is 2.07. The lowest BCUT2D eigenvalue weighted by Crippen LogP contribution is -1.94. The number of hydrogen-bond donors (Lipinski definition) is 2. The smallest absolute Gasteiger partial charge is 0.0918 e. The molecular weight excluding hydrogens is 356 g/mol. The summed E-state index contributed by atoms with van der Waals surface area (Å²) in [6.07, 6.45) is 7.38. The number of aromatic nitrogens is 5. The van der Waals surface area contributed by atoms with E-state index in [1.54, 1.807) is 6.20 Å². The van der Waals surface area contributed by atoms with Crippen LogP contribution in [0.25, 0.3) is 33.2 Å². The Labute approximate surface area is 159 Å². The number of aryl methyl sites for hydroxylation is 1. The van der Waals surface area contributed by atoms with Gasteiger partial charge in [-0.15, -0.1) is 0 Å². The van der Waals surface area contributed by atoms with Crippen LogP contribution in [0.1, 0.15) is 0 Å². The van der Waals surface area contributed by atoms with Crippen LogP contribution in [-0.2, 0) is 7.05 Å². The van der Waals surface area contributed by atoms with Gasteiger partial charge in [-0.1, -0.05) is 12.1 Å². The van der Waals surface area contributed by atoms with E-state index in [1.165, 1.54) is 11.9 Å². The number of H-pyrrole nitrogens is 1. The highest BCUT2D eigenvalue weighted by molar-refractivity contribution is 8.00. The summed E-state index contributed by atoms with van der Waals surface area (Å²) in [5.41, 5.74) is 5.07. The van der Waals surface area contributed by atoms with Crippen molar-refractivity contribution in [3.05, 3.63) is 67.3 Å². The summed E-state index contributed by atoms with van der Waals surface area (Å²) in [7, 11) is 1.95. The van der Waals surface area contributed by atoms with Crippen molar-refractivity contribution < 1.29 is 0 Å². The van der Waals surface area contributed by atoms with Crippen LogP contribution < -0.4 is 4.72 Å². The van der Waals surface area contributed by atoms with E-state index < -0.39 is 0 Å². The third-order valence-corrected chi connectivity index (χ3v) is 5.27. The first-order valence-corrected chi connectivity index (χ1v) is 9.32. The van der Waals surface area contributed by atoms with Crippen molar-refractivity contribution in [2.45, 2.75) is 4.90 Å². The maximum atomic E-state index is 4.60. The Hall–Kier alpha value is -3.32. The first-order valence-electron chi connectivity index (χ1n) is 8.51. The number of rotatable bonds is 4. The number of nitrogens with one attached hydrogen (secondary N) is 2. The highest BCUT2D eigenvalue weighted by Crippen LogP contribution is 2.28. The number of nitrogens with zero attached hydrogens (tertiary/aromatic N) is 4. The van der Waals surface area contributed by atoms with E-state index in [0.29, 0.717) is 0 Å². The summed E-state index contributed by atoms with van der Waals surface area (Å²) < 4.78 is 5.29. The fraction of sp³-hybridized carbons (Fsp3) is 0.0500. The molecule has 1 aromatic carbocycles. The average Bonchev–Trinajstić information content (AvgIpc) is 3.31. The van der Waals surface area contributed by atoms with Gasteiger partial charge in [-0.25, -0.2) is 0 Å². The Kier molecular flexibility index (Phi) is 3.79. The summed E-state index contributed by atoms with van der Waals surface area (Å²) in [4.78, 5) is 13.2. The fourth-order valence-electron chi connectivity index (χ4n) is 3.14. The number of benzene rings is 1. The number of hydrogen-bond acceptors (Lipinski definition) is 5. The molecule has 0 aliphatic carbocycles. The van der Waals surface area contributed by atoms with E-state index in [9.17, 15) is 0 Å². The maximum Gasteiger partial charge on any atom is 0.0918 e. The Morgan fingerprint density at radius 1 is 1.04 bits per heavy atom. The molecule has 0 spiro atoms. The van der Waals surface area contributed by atoms with Crippen molar-refractivity contribution >= 4 is 39.4 Å². The molecule has 0 aliphatic rings. The van der Waals surface area contributed by atoms with Crippen LogP contribution in [0.3, 0.4) is 0 Å². The van der Waals surface area contributed by atoms with Crippen LogP contribution >= 0.6 is 11.9 Å². The first-order chi connectivity index (χ1) is 13.3. The molecule has 0 radical (unpaired) electrons. The lowest BCUT2D eigenvalue weighted by Gasteiger charge is -2.08. The van der Waals surface area contributed by atoms with Crippen LogP contribution in [0.4, 0.5) is 5.69 Å². The molecule has 0 aliphatic heterocycles. The minimum atomic E-state index is 0.907. The third-order valence-electron chi connectivity index (χ3n) is 4.47. The molecular formula is C20H16N6S. The van der Waals surface area contributed by atoms with E-state index in [1.807, 2.05) is 48.5 Å². The summed E-state index contributed by atoms with van der Waals surface area (Å²) >= 11 is 1.54. The normalized spacial score (nSPS) is 11.3. The zero-order chi connectivity index (χ0) is 18.2. The molecule has 0 fully saturated rings. The highest BCUT2D eigenvalue weighted by atomic mass is 32.2. The van der Waals surface area contributed by atoms with E-state index in [-0.39, 0.29) is 0 Å². The van der Waals surface area contributed by atoms with Gasteiger partial charge >= 0.3 is 0 Å². The van der Waals surface area contributed by atoms with Crippen LogP contribution in [0.2, 0.25) is 0 Å². The molecule has 5 rings (SSSR count). The van der Waals surface area contributed by atoms with Gasteiger partial charge in [-0.2, -0.15) is 5.10 Å². The zero-order valence-electron chi connectivity index (χ0n) is 14.5. The predicted octanol–water partition coefficient (Wildman–Crippen LogP) is 4.63. The Bertz CT molecular complexity index is 1210. The molecule has 132 valence electrons. The topological polar surface area (TPSA) is 71.4 Å². The monoisotopic (exact) mass is 372 g/mol. The molecule has 5 aromatic rings. The van der Waals surface area contributed by atoms with Gasteiger partial charge < -0.3 is 9.71 Å². The lowest BCUT2D eigenvalue weighted by atomic mass is 10.2. The van der Waals surface area contributed by atoms with Crippen LogP contribution in [-0.4, -0.2) is 24.7 Å². The molecule has 6 nitrogen and oxygen atoms in total. The number of anilines is 1. The van der Waals surface area contributed by atoms with Gasteiger partial charge in [0.2, 0.25) is 0 Å². The molecule has 7 heteroatoms. The molecule has 0 saturated carbocycles. The second-order valence-electron chi connectivity index (χ2n) is 6.24. The van der Waals surface area contributed by atoms with Gasteiger partial charge in [0.1, 0.15) is 0 Å². The maximum absolute atomic E-state index is 4.60. The molecule has 27 heavy (non-hydrogen) atoms. The van der Waals surface area contributed by atoms with Crippen molar-refractivity contribution in [3.63, 3.8) is 0 Å². The molecule has 4 heterocycles. The van der Waals surface area contributed by atoms with Crippen LogP contribution in [0.5, 0.6) is 0 Å². The second kappa shape index (κ2) is 6.44. The minimum absolute atomic E-state index is 0.907. The zero-order valence-corrected chi connectivity index (χ0v) is 15.4. The van der Waals surface area contributed by atoms with Gasteiger partial charge in [0.15, 0.2) is 0 Å². The van der Waals surface area contributed by atoms with Crippen molar-refractivity contribution in [2.75, 3.05) is 4.72 Å². The number of para-hydroxylation sites is 1. The predicted molar refractivity (Wildman–Crippen MR) is 110 cm³/mol. The van der Waals surface area contributed by atoms with Crippen LogP contribution in [0.15, 0.2) is 72.1 Å². The van der Waals surface area contributed by atoms with Gasteiger partial charge in [0.25, 0.3) is 0 Å². The molecule has 4 aromatic heterocycles. The number of aromatic amines is 1. The number of fused-ring (bicyclic) bond motifs is 2. The van der Waals surface area contributed by atoms with Crippen molar-refractivity contribution in [1.82, 2.24) is 24.7 Å². The van der Waals surface area contributed by atoms with Crippen LogP contribution in [0, 0.1) is 0 Å². The quantitative estimate of drug-likeness (QED) is 0.450. The first kappa shape index (κ1) is 15.9. The summed E-state index contributed by atoms with van der Waals surface area (Å²) in [5, 5.41) is 6.52. The SMILES string of the molecule is Cn1ncc2cccc(NSc3ccc(-c4cc5cnccc5[nH]4)nc3)c21. The van der Waals surface area contributed by atoms with Gasteiger partial charge in [-0.3, -0.25) is 14.6 Å². The van der Waals surface area contributed by atoms with Gasteiger partial charge in [0, 0.05) is 46.8 Å². The standard InChI is InChI=1S/C20H16N6S/c1-26-20-13(11-23-26)3-2-4-18(20)25-27-15-5-6-17(22-12-15)19-9-14-10-21-8-7-16(14)24-19/h2-12,24-25H,1H3. The largest absolute Gasteiger partial charge is 0.353 e. The fourth-order valence-corrected chi connectivity index (χ4v) is 3.77. The van der Waals surface area contributed by atoms with Crippen molar-refractivity contribution in [2.24, 2.45) is 7.05 Å². The van der Waals surface area contributed by atoms with E-state index in [2.05, 4.69) is 49.0 Å². The Morgan fingerprint density at radius 2 is 2.00 bits per heavy atom. The summed E-state index contributed by atoms with van der Waals surface area (Å²) in [6.45, 7) is 0. The van der Waals surface area contributed by atoms with Gasteiger partial charge in [0.05, 0.1) is 28.8 Å². The molecule has 2 N–H and O–H groups in total. The third kappa shape index (κ3) is 2.92. The van der Waals surface area contributed by atoms with Crippen molar-refractivity contribution in [3.8, 4) is 11.4 Å². The molecule has 0 atom stereocenters. The van der Waals surface area contributed by atoms with E-state index >= 15 is 0 Å². The summed E-state index contributed by atoms with van der Waals surface area (Å²) in [5.74, 6) is 0. The molecule has 0 bridgehead atoms. The summed E-state index contributed by atoms with van der Waals surface area (Å²) in [6, 6.07) is 14.3. The van der Waals surface area contributed by atoms with Gasteiger partial charge in [-0.05, 0) is 42.3 Å². The van der Waals surface area contributed by atoms with Crippen molar-refractivity contribution in [1.29, 1.82) is 0 Å². The van der Waals surface area contributed by atoms with E-state index in [0.717, 1.165) is 43.8 Å². The second-order valence-corrected chi connectivity index (χ2v) is 7.12. The Balaban J connectivity index is 1.36. The molecule has 0 amide bonds. The number of pyridine rings is 2. The average molecular weight is 372 g/mol. The Morgan fingerprint density at radius 3 is 2.85 bits per heavy atom. The van der Waals surface area contributed by atoms with E-state index in [4.69, 9.17) is 0 Å². The molecule has 0 unspecified atom stereocenters. The minimum Gasteiger partial charge on any atom is -0.353 e.